The molecular weight excluding hydrogens is 338 g/mol. The predicted octanol–water partition coefficient (Wildman–Crippen LogP) is 1.85. The Morgan fingerprint density at radius 3 is 2.60 bits per heavy atom. The van der Waals surface area contributed by atoms with E-state index in [9.17, 15) is 13.2 Å². The lowest BCUT2D eigenvalue weighted by atomic mass is 10.1. The van der Waals surface area contributed by atoms with Crippen LogP contribution in [-0.2, 0) is 22.0 Å². The van der Waals surface area contributed by atoms with Gasteiger partial charge in [-0.1, -0.05) is 18.2 Å². The van der Waals surface area contributed by atoms with Crippen molar-refractivity contribution < 1.29 is 13.2 Å². The van der Waals surface area contributed by atoms with Crippen molar-refractivity contribution in [2.24, 2.45) is 0 Å². The number of nitrogens with one attached hydrogen (secondary N) is 1. The second-order valence-corrected chi connectivity index (χ2v) is 8.11. The molecule has 3 aromatic rings. The number of hydrogen-bond donors (Lipinski definition) is 1. The lowest BCUT2D eigenvalue weighted by Crippen LogP contribution is -2.25. The molecule has 0 radical (unpaired) electrons. The zero-order valence-corrected chi connectivity index (χ0v) is 14.7. The number of nitrogens with zero attached hydrogens (tertiary/aromatic N) is 2. The number of fused-ring (bicyclic) bond motifs is 1. The second-order valence-electron chi connectivity index (χ2n) is 5.97. The second kappa shape index (κ2) is 7.06. The van der Waals surface area contributed by atoms with Crippen molar-refractivity contribution in [1.82, 2.24) is 14.7 Å². The summed E-state index contributed by atoms with van der Waals surface area (Å²) in [5, 5.41) is 2.85. The molecule has 0 fully saturated rings. The minimum atomic E-state index is -3.08. The van der Waals surface area contributed by atoms with Crippen molar-refractivity contribution in [3.8, 4) is 0 Å². The van der Waals surface area contributed by atoms with Crippen molar-refractivity contribution in [3.63, 3.8) is 0 Å². The van der Waals surface area contributed by atoms with Crippen LogP contribution in [0.15, 0.2) is 54.9 Å². The third kappa shape index (κ3) is 4.67. The molecule has 0 saturated carbocycles. The van der Waals surface area contributed by atoms with Gasteiger partial charge < -0.3 is 9.72 Å². The quantitative estimate of drug-likeness (QED) is 0.730. The van der Waals surface area contributed by atoms with Crippen LogP contribution in [0.2, 0.25) is 0 Å². The lowest BCUT2D eigenvalue weighted by molar-refractivity contribution is 0.0954. The first-order valence-electron chi connectivity index (χ1n) is 7.88. The van der Waals surface area contributed by atoms with Crippen molar-refractivity contribution in [3.05, 3.63) is 71.7 Å². The number of pyridine rings is 1. The van der Waals surface area contributed by atoms with Gasteiger partial charge in [0.1, 0.15) is 5.65 Å². The molecule has 1 N–H and O–H groups in total. The molecule has 25 heavy (non-hydrogen) atoms. The third-order valence-corrected chi connectivity index (χ3v) is 4.58. The molecule has 130 valence electrons. The van der Waals surface area contributed by atoms with Gasteiger partial charge in [0.2, 0.25) is 0 Å². The Kier molecular flexibility index (Phi) is 4.85. The van der Waals surface area contributed by atoms with E-state index in [0.717, 1.165) is 11.3 Å². The SMILES string of the molecule is CS(=O)(=O)Cc1ccc(C(=O)NCCc2cn3ccccc3n2)cc1. The summed E-state index contributed by atoms with van der Waals surface area (Å²) in [6.45, 7) is 0.480. The molecule has 0 atom stereocenters. The molecule has 0 aliphatic heterocycles. The van der Waals surface area contributed by atoms with Crippen LogP contribution in [0.5, 0.6) is 0 Å². The Bertz CT molecular complexity index is 959. The fourth-order valence-electron chi connectivity index (χ4n) is 2.57. The molecule has 0 saturated heterocycles. The summed E-state index contributed by atoms with van der Waals surface area (Å²) in [6, 6.07) is 12.4. The van der Waals surface area contributed by atoms with Crippen LogP contribution in [0.3, 0.4) is 0 Å². The normalized spacial score (nSPS) is 11.6. The first-order valence-corrected chi connectivity index (χ1v) is 9.94. The zero-order valence-electron chi connectivity index (χ0n) is 13.8. The maximum atomic E-state index is 12.1. The van der Waals surface area contributed by atoms with Gasteiger partial charge >= 0.3 is 0 Å². The van der Waals surface area contributed by atoms with Crippen LogP contribution in [0.4, 0.5) is 0 Å². The summed E-state index contributed by atoms with van der Waals surface area (Å²) in [5.74, 6) is -0.211. The smallest absolute Gasteiger partial charge is 0.251 e. The van der Waals surface area contributed by atoms with E-state index < -0.39 is 9.84 Å². The Morgan fingerprint density at radius 1 is 1.16 bits per heavy atom. The van der Waals surface area contributed by atoms with Gasteiger partial charge in [-0.25, -0.2) is 13.4 Å². The lowest BCUT2D eigenvalue weighted by Gasteiger charge is -2.05. The van der Waals surface area contributed by atoms with Gasteiger partial charge in [0.05, 0.1) is 11.4 Å². The Balaban J connectivity index is 1.55. The van der Waals surface area contributed by atoms with E-state index in [1.807, 2.05) is 35.0 Å². The van der Waals surface area contributed by atoms with Crippen LogP contribution in [-0.4, -0.2) is 36.5 Å². The van der Waals surface area contributed by atoms with Crippen LogP contribution in [0.1, 0.15) is 21.6 Å². The Labute approximate surface area is 146 Å². The van der Waals surface area contributed by atoms with Gasteiger partial charge in [-0.2, -0.15) is 0 Å². The average Bonchev–Trinajstić information content (AvgIpc) is 2.96. The van der Waals surface area contributed by atoms with Crippen LogP contribution >= 0.6 is 0 Å². The summed E-state index contributed by atoms with van der Waals surface area (Å²) in [4.78, 5) is 16.6. The van der Waals surface area contributed by atoms with E-state index in [0.29, 0.717) is 24.1 Å². The molecule has 0 bridgehead atoms. The summed E-state index contributed by atoms with van der Waals surface area (Å²) in [6.07, 6.45) is 5.70. The molecule has 0 aliphatic rings. The molecule has 6 nitrogen and oxygen atoms in total. The highest BCUT2D eigenvalue weighted by Gasteiger charge is 2.08. The maximum Gasteiger partial charge on any atom is 0.251 e. The number of sulfone groups is 1. The minimum Gasteiger partial charge on any atom is -0.352 e. The summed E-state index contributed by atoms with van der Waals surface area (Å²) < 4.78 is 24.5. The number of imidazole rings is 1. The van der Waals surface area contributed by atoms with Crippen molar-refractivity contribution in [2.75, 3.05) is 12.8 Å². The summed E-state index contributed by atoms with van der Waals surface area (Å²) in [5.41, 5.74) is 2.97. The average molecular weight is 357 g/mol. The van der Waals surface area contributed by atoms with E-state index in [-0.39, 0.29) is 11.7 Å². The van der Waals surface area contributed by atoms with E-state index in [2.05, 4.69) is 10.3 Å². The first kappa shape index (κ1) is 17.2. The van der Waals surface area contributed by atoms with Crippen LogP contribution < -0.4 is 5.32 Å². The Hall–Kier alpha value is -2.67. The molecular formula is C18H19N3O3S. The van der Waals surface area contributed by atoms with E-state index in [1.165, 1.54) is 6.26 Å². The molecule has 1 amide bonds. The molecule has 0 spiro atoms. The fourth-order valence-corrected chi connectivity index (χ4v) is 3.37. The number of aromatic nitrogens is 2. The number of carbonyl (C=O) groups excluding carboxylic acids is 1. The molecule has 7 heteroatoms. The summed E-state index contributed by atoms with van der Waals surface area (Å²) >= 11 is 0. The number of benzene rings is 1. The van der Waals surface area contributed by atoms with Gasteiger partial charge in [0, 0.05) is 37.2 Å². The number of carbonyl (C=O) groups is 1. The zero-order chi connectivity index (χ0) is 17.9. The highest BCUT2D eigenvalue weighted by molar-refractivity contribution is 7.89. The molecule has 2 aromatic heterocycles. The third-order valence-electron chi connectivity index (χ3n) is 3.73. The molecule has 0 unspecified atom stereocenters. The standard InChI is InChI=1S/C18H19N3O3S/c1-25(23,24)13-14-5-7-15(8-6-14)18(22)19-10-9-16-12-21-11-3-2-4-17(21)20-16/h2-8,11-12H,9-10,13H2,1H3,(H,19,22). The number of hydrogen-bond acceptors (Lipinski definition) is 4. The molecule has 2 heterocycles. The molecule has 1 aromatic carbocycles. The molecule has 0 aliphatic carbocycles. The van der Waals surface area contributed by atoms with Crippen molar-refractivity contribution in [1.29, 1.82) is 0 Å². The monoisotopic (exact) mass is 357 g/mol. The topological polar surface area (TPSA) is 80.5 Å². The maximum absolute atomic E-state index is 12.1. The summed E-state index contributed by atoms with van der Waals surface area (Å²) in [7, 11) is -3.08. The fraction of sp³-hybridized carbons (Fsp3) is 0.222. The largest absolute Gasteiger partial charge is 0.352 e. The van der Waals surface area contributed by atoms with E-state index >= 15 is 0 Å². The van der Waals surface area contributed by atoms with Gasteiger partial charge in [-0.15, -0.1) is 0 Å². The number of amides is 1. The number of rotatable bonds is 6. The highest BCUT2D eigenvalue weighted by atomic mass is 32.2. The minimum absolute atomic E-state index is 0.0250. The van der Waals surface area contributed by atoms with Crippen molar-refractivity contribution in [2.45, 2.75) is 12.2 Å². The van der Waals surface area contributed by atoms with E-state index in [4.69, 9.17) is 0 Å². The van der Waals surface area contributed by atoms with Crippen LogP contribution in [0, 0.1) is 0 Å². The van der Waals surface area contributed by atoms with Crippen molar-refractivity contribution >= 4 is 21.4 Å². The highest BCUT2D eigenvalue weighted by Crippen LogP contribution is 2.08. The van der Waals surface area contributed by atoms with Gasteiger partial charge in [0.15, 0.2) is 9.84 Å². The Morgan fingerprint density at radius 2 is 1.92 bits per heavy atom. The van der Waals surface area contributed by atoms with Gasteiger partial charge in [-0.05, 0) is 29.8 Å². The first-order chi connectivity index (χ1) is 11.9. The van der Waals surface area contributed by atoms with E-state index in [1.54, 1.807) is 24.3 Å². The van der Waals surface area contributed by atoms with Gasteiger partial charge in [-0.3, -0.25) is 4.79 Å². The predicted molar refractivity (Wildman–Crippen MR) is 96.2 cm³/mol. The molecule has 3 rings (SSSR count). The van der Waals surface area contributed by atoms with Crippen LogP contribution in [0.25, 0.3) is 5.65 Å². The van der Waals surface area contributed by atoms with Gasteiger partial charge in [0.25, 0.3) is 5.91 Å².